The zero-order valence-electron chi connectivity index (χ0n) is 51.1. The third-order valence-electron chi connectivity index (χ3n) is 15.5. The van der Waals surface area contributed by atoms with Gasteiger partial charge in [-0.15, -0.1) is 0 Å². The standard InChI is InChI=1S/C76H71IO11Si/c1-76(2,3)89(67-34-22-12-23-35-67,68-36-24-13-25-37-68)86-51-62-47-64(85-50-53-28-16-9-17-29-53)43-58(72(62)82-6)39-60-45-65(87-74(78)54-30-18-10-19-31-54)44-59(71(60)81-5)38-56-41-63(84-49-52-26-14-8-15-27-52)42-57(70(56)80-4)40-61-46-66(48-69(77)73(61)83-7)88-75(79)55-32-20-11-21-33-55/h8-37,41-48H,38-40,49-51H2,1-7H3. The van der Waals surface area contributed by atoms with Gasteiger partial charge in [0.05, 0.1) is 49.7 Å². The molecule has 0 saturated carbocycles. The maximum Gasteiger partial charge on any atom is 0.343 e. The van der Waals surface area contributed by atoms with Gasteiger partial charge in [0.15, 0.2) is 0 Å². The first-order chi connectivity index (χ1) is 43.3. The molecule has 0 bridgehead atoms. The summed E-state index contributed by atoms with van der Waals surface area (Å²) < 4.78 is 59.5. The first kappa shape index (κ1) is 62.9. The maximum absolute atomic E-state index is 14.1. The number of rotatable bonds is 25. The van der Waals surface area contributed by atoms with E-state index in [2.05, 4.69) is 91.9 Å². The van der Waals surface area contributed by atoms with E-state index in [4.69, 9.17) is 42.3 Å². The van der Waals surface area contributed by atoms with Crippen LogP contribution in [-0.4, -0.2) is 48.7 Å². The van der Waals surface area contributed by atoms with Crippen molar-refractivity contribution in [3.63, 3.8) is 0 Å². The van der Waals surface area contributed by atoms with Crippen molar-refractivity contribution in [3.8, 4) is 46.0 Å². The van der Waals surface area contributed by atoms with Crippen LogP contribution in [0.25, 0.3) is 0 Å². The Morgan fingerprint density at radius 2 is 0.674 bits per heavy atom. The lowest BCUT2D eigenvalue weighted by molar-refractivity contribution is 0.0725. The van der Waals surface area contributed by atoms with Crippen molar-refractivity contribution >= 4 is 53.2 Å². The van der Waals surface area contributed by atoms with E-state index in [0.717, 1.165) is 52.9 Å². The predicted octanol–water partition coefficient (Wildman–Crippen LogP) is 15.8. The molecule has 10 aromatic rings. The van der Waals surface area contributed by atoms with Gasteiger partial charge >= 0.3 is 11.9 Å². The molecular formula is C76H71IO11Si. The molecule has 11 nitrogen and oxygen atoms in total. The van der Waals surface area contributed by atoms with Crippen molar-refractivity contribution in [1.29, 1.82) is 0 Å². The molecule has 0 saturated heterocycles. The molecule has 0 radical (unpaired) electrons. The summed E-state index contributed by atoms with van der Waals surface area (Å²) in [6.07, 6.45) is 0.761. The number of carbonyl (C=O) groups is 2. The summed E-state index contributed by atoms with van der Waals surface area (Å²) >= 11 is 2.20. The van der Waals surface area contributed by atoms with Crippen LogP contribution < -0.4 is 48.3 Å². The first-order valence-electron chi connectivity index (χ1n) is 29.4. The Labute approximate surface area is 536 Å². The molecular weight excluding hydrogens is 1240 g/mol. The van der Waals surface area contributed by atoms with Crippen molar-refractivity contribution in [3.05, 3.63) is 295 Å². The van der Waals surface area contributed by atoms with E-state index in [1.807, 2.05) is 127 Å². The van der Waals surface area contributed by atoms with E-state index < -0.39 is 20.3 Å². The van der Waals surface area contributed by atoms with E-state index in [-0.39, 0.29) is 37.5 Å². The van der Waals surface area contributed by atoms with Crippen LogP contribution in [0.5, 0.6) is 46.0 Å². The van der Waals surface area contributed by atoms with Crippen LogP contribution in [0.1, 0.15) is 91.6 Å². The maximum atomic E-state index is 14.1. The van der Waals surface area contributed by atoms with Gasteiger partial charge in [0.25, 0.3) is 8.32 Å². The Kier molecular flexibility index (Phi) is 20.7. The molecule has 10 aromatic carbocycles. The molecule has 0 N–H and O–H groups in total. The minimum Gasteiger partial charge on any atom is -0.496 e. The fraction of sp³-hybridized carbons (Fsp3) is 0.184. The normalized spacial score (nSPS) is 11.3. The highest BCUT2D eigenvalue weighted by Crippen LogP contribution is 2.43. The Balaban J connectivity index is 1.10. The van der Waals surface area contributed by atoms with Gasteiger partial charge in [-0.25, -0.2) is 9.59 Å². The molecule has 0 heterocycles. The molecule has 89 heavy (non-hydrogen) atoms. The van der Waals surface area contributed by atoms with Gasteiger partial charge in [-0.3, -0.25) is 0 Å². The van der Waals surface area contributed by atoms with Gasteiger partial charge in [0, 0.05) is 58.2 Å². The van der Waals surface area contributed by atoms with Crippen molar-refractivity contribution < 1.29 is 51.9 Å². The number of hydrogen-bond donors (Lipinski definition) is 0. The van der Waals surface area contributed by atoms with E-state index in [1.165, 1.54) is 0 Å². The quantitative estimate of drug-likeness (QED) is 0.0236. The van der Waals surface area contributed by atoms with Gasteiger partial charge < -0.3 is 42.3 Å². The number of esters is 2. The topological polar surface area (TPSA) is 117 Å². The second-order valence-electron chi connectivity index (χ2n) is 22.5. The number of carbonyl (C=O) groups excluding carboxylic acids is 2. The van der Waals surface area contributed by atoms with Gasteiger partial charge in [-0.05, 0) is 122 Å². The molecule has 0 fully saturated rings. The molecule has 0 atom stereocenters. The van der Waals surface area contributed by atoms with Crippen molar-refractivity contribution in [2.24, 2.45) is 0 Å². The van der Waals surface area contributed by atoms with Gasteiger partial charge in [0.2, 0.25) is 0 Å². The molecule has 0 aliphatic rings. The van der Waals surface area contributed by atoms with Crippen LogP contribution in [-0.2, 0) is 43.5 Å². The molecule has 452 valence electrons. The number of ether oxygens (including phenoxy) is 8. The largest absolute Gasteiger partial charge is 0.496 e. The summed E-state index contributed by atoms with van der Waals surface area (Å²) in [4.78, 5) is 27.5. The molecule has 0 spiro atoms. The molecule has 13 heteroatoms. The first-order valence-corrected chi connectivity index (χ1v) is 32.3. The lowest BCUT2D eigenvalue weighted by Gasteiger charge is -2.43. The van der Waals surface area contributed by atoms with Gasteiger partial charge in [-0.2, -0.15) is 0 Å². The van der Waals surface area contributed by atoms with Crippen LogP contribution in [0.4, 0.5) is 0 Å². The second kappa shape index (κ2) is 29.2. The summed E-state index contributed by atoms with van der Waals surface area (Å²) in [6, 6.07) is 74.2. The van der Waals surface area contributed by atoms with E-state index in [1.54, 1.807) is 83.0 Å². The van der Waals surface area contributed by atoms with Crippen molar-refractivity contribution in [2.75, 3.05) is 28.4 Å². The molecule has 0 aromatic heterocycles. The SMILES string of the molecule is COc1c(I)cc(OC(=O)c2ccccc2)cc1Cc1cc(OCc2ccccc2)cc(Cc2cc(OC(=O)c3ccccc3)cc(Cc3cc(OCc4ccccc4)cc(CO[Si](c4ccccc4)(c4ccccc4)C(C)(C)C)c3OC)c2OC)c1OC. The van der Waals surface area contributed by atoms with Crippen LogP contribution in [0.3, 0.4) is 0 Å². The number of methoxy groups -OCH3 is 4. The van der Waals surface area contributed by atoms with Gasteiger partial charge in [0.1, 0.15) is 59.2 Å². The minimum atomic E-state index is -3.06. The summed E-state index contributed by atoms with van der Waals surface area (Å²) in [5.41, 5.74) is 8.04. The molecule has 0 aliphatic heterocycles. The Bertz CT molecular complexity index is 3970. The van der Waals surface area contributed by atoms with E-state index in [0.29, 0.717) is 74.9 Å². The van der Waals surface area contributed by atoms with Gasteiger partial charge in [-0.1, -0.05) is 178 Å². The highest BCUT2D eigenvalue weighted by atomic mass is 127. The lowest BCUT2D eigenvalue weighted by Crippen LogP contribution is -2.66. The number of halogens is 1. The van der Waals surface area contributed by atoms with E-state index in [9.17, 15) is 9.59 Å². The summed E-state index contributed by atoms with van der Waals surface area (Å²) in [5, 5.41) is 1.99. The summed E-state index contributed by atoms with van der Waals surface area (Å²) in [6.45, 7) is 7.59. The number of hydrogen-bond acceptors (Lipinski definition) is 11. The Morgan fingerprint density at radius 3 is 1.03 bits per heavy atom. The summed E-state index contributed by atoms with van der Waals surface area (Å²) in [5.74, 6) is 3.20. The molecule has 0 aliphatic carbocycles. The smallest absolute Gasteiger partial charge is 0.343 e. The zero-order valence-corrected chi connectivity index (χ0v) is 54.2. The average Bonchev–Trinajstić information content (AvgIpc) is 0.838. The highest BCUT2D eigenvalue weighted by Gasteiger charge is 2.50. The van der Waals surface area contributed by atoms with E-state index >= 15 is 0 Å². The van der Waals surface area contributed by atoms with Crippen molar-refractivity contribution in [1.82, 2.24) is 0 Å². The highest BCUT2D eigenvalue weighted by molar-refractivity contribution is 14.1. The number of benzene rings is 10. The van der Waals surface area contributed by atoms with Crippen molar-refractivity contribution in [2.45, 2.75) is 64.9 Å². The van der Waals surface area contributed by atoms with Crippen LogP contribution in [0.2, 0.25) is 5.04 Å². The Morgan fingerprint density at radius 1 is 0.371 bits per heavy atom. The average molecular weight is 1320 g/mol. The second-order valence-corrected chi connectivity index (χ2v) is 27.9. The monoisotopic (exact) mass is 1310 g/mol. The van der Waals surface area contributed by atoms with Crippen LogP contribution >= 0.6 is 22.6 Å². The van der Waals surface area contributed by atoms with Crippen LogP contribution in [0, 0.1) is 3.57 Å². The molecule has 10 rings (SSSR count). The summed E-state index contributed by atoms with van der Waals surface area (Å²) in [7, 11) is 3.53. The fourth-order valence-electron chi connectivity index (χ4n) is 11.5. The Hall–Kier alpha value is -9.15. The third kappa shape index (κ3) is 15.1. The molecule has 0 unspecified atom stereocenters. The zero-order chi connectivity index (χ0) is 62.3. The third-order valence-corrected chi connectivity index (χ3v) is 21.3. The lowest BCUT2D eigenvalue weighted by atomic mass is 9.93. The minimum absolute atomic E-state index is 0.196. The fourth-order valence-corrected chi connectivity index (χ4v) is 16.9. The molecule has 0 amide bonds. The predicted molar refractivity (Wildman–Crippen MR) is 360 cm³/mol. The van der Waals surface area contributed by atoms with Crippen LogP contribution in [0.15, 0.2) is 231 Å².